The Hall–Kier alpha value is 2.04. The summed E-state index contributed by atoms with van der Waals surface area (Å²) in [6.07, 6.45) is -1.33. The van der Waals surface area contributed by atoms with Crippen molar-refractivity contribution in [1.82, 2.24) is 0 Å². The molecular weight excluding hydrogens is 228 g/mol. The zero-order valence-electron chi connectivity index (χ0n) is 6.67. The Kier molecular flexibility index (Phi) is 11.5. The van der Waals surface area contributed by atoms with Gasteiger partial charge in [0.1, 0.15) is 0 Å². The second-order valence-corrected chi connectivity index (χ2v) is 3.40. The fraction of sp³-hybridized carbons (Fsp3) is 1.00. The maximum absolute atomic E-state index is 10.4. The van der Waals surface area contributed by atoms with E-state index in [-0.39, 0.29) is 65.7 Å². The third-order valence-corrected chi connectivity index (χ3v) is 2.51. The molecule has 12 heavy (non-hydrogen) atoms. The molecule has 3 unspecified atom stereocenters. The first-order valence-corrected chi connectivity index (χ1v) is 4.48. The third-order valence-electron chi connectivity index (χ3n) is 0.664. The molecule has 3 atom stereocenters. The molecule has 0 aromatic heterocycles. The van der Waals surface area contributed by atoms with Gasteiger partial charge in [0.15, 0.2) is 10.9 Å². The van der Waals surface area contributed by atoms with E-state index in [9.17, 15) is 9.13 Å². The molecule has 1 N–H and O–H groups in total. The number of rotatable bonds is 0. The van der Waals surface area contributed by atoms with E-state index in [2.05, 4.69) is 13.4 Å². The SMILES string of the molecule is O=[P+]1OCC(O)O[P+](=O)O1.[Na].[Na]. The summed E-state index contributed by atoms with van der Waals surface area (Å²) in [5.41, 5.74) is 0. The molecule has 0 spiro atoms. The summed E-state index contributed by atoms with van der Waals surface area (Å²) in [7, 11) is -4.91. The molecule has 1 aliphatic rings. The second kappa shape index (κ2) is 8.36. The van der Waals surface area contributed by atoms with Crippen LogP contribution in [0.5, 0.6) is 0 Å². The number of hydrogen-bond acceptors (Lipinski definition) is 6. The van der Waals surface area contributed by atoms with Crippen LogP contribution in [0.2, 0.25) is 0 Å². The minimum Gasteiger partial charge on any atom is -0.362 e. The Morgan fingerprint density at radius 3 is 2.42 bits per heavy atom. The summed E-state index contributed by atoms with van der Waals surface area (Å²) in [5.74, 6) is 0. The molecule has 10 heteroatoms. The molecule has 1 aliphatic heterocycles. The summed E-state index contributed by atoms with van der Waals surface area (Å²) in [5, 5.41) is 8.64. The molecule has 0 aliphatic carbocycles. The van der Waals surface area contributed by atoms with Gasteiger partial charge in [0.2, 0.25) is 6.29 Å². The van der Waals surface area contributed by atoms with E-state index in [1.165, 1.54) is 0 Å². The molecule has 6 nitrogen and oxygen atoms in total. The van der Waals surface area contributed by atoms with Gasteiger partial charge in [-0.15, -0.1) is 4.52 Å². The molecule has 2 radical (unpaired) electrons. The fourth-order valence-corrected chi connectivity index (χ4v) is 1.64. The number of aliphatic hydroxyl groups excluding tert-OH is 1. The van der Waals surface area contributed by atoms with Gasteiger partial charge in [-0.3, -0.25) is 0 Å². The van der Waals surface area contributed by atoms with Crippen molar-refractivity contribution >= 4 is 75.6 Å². The van der Waals surface area contributed by atoms with Crippen molar-refractivity contribution < 1.29 is 27.6 Å². The summed E-state index contributed by atoms with van der Waals surface area (Å²) >= 11 is 0. The van der Waals surface area contributed by atoms with Crippen LogP contribution in [-0.4, -0.2) is 77.1 Å². The van der Waals surface area contributed by atoms with Gasteiger partial charge in [-0.25, -0.2) is 0 Å². The van der Waals surface area contributed by atoms with Gasteiger partial charge in [0.25, 0.3) is 0 Å². The molecule has 1 heterocycles. The average molecular weight is 232 g/mol. The van der Waals surface area contributed by atoms with Crippen molar-refractivity contribution in [3.63, 3.8) is 0 Å². The van der Waals surface area contributed by atoms with Crippen molar-refractivity contribution in [3.05, 3.63) is 0 Å². The van der Waals surface area contributed by atoms with Crippen molar-refractivity contribution in [2.75, 3.05) is 6.61 Å². The fourth-order valence-electron chi connectivity index (χ4n) is 0.352. The topological polar surface area (TPSA) is 82.1 Å². The first-order valence-electron chi connectivity index (χ1n) is 2.29. The van der Waals surface area contributed by atoms with E-state index in [1.807, 2.05) is 0 Å². The van der Waals surface area contributed by atoms with Crippen LogP contribution in [0, 0.1) is 0 Å². The maximum atomic E-state index is 10.4. The van der Waals surface area contributed by atoms with Crippen LogP contribution in [0.4, 0.5) is 0 Å². The van der Waals surface area contributed by atoms with E-state index < -0.39 is 22.8 Å². The van der Waals surface area contributed by atoms with Crippen LogP contribution in [0.1, 0.15) is 0 Å². The molecule has 1 saturated heterocycles. The van der Waals surface area contributed by atoms with Crippen LogP contribution < -0.4 is 0 Å². The van der Waals surface area contributed by atoms with Gasteiger partial charge >= 0.3 is 16.5 Å². The van der Waals surface area contributed by atoms with E-state index in [0.29, 0.717) is 0 Å². The van der Waals surface area contributed by atoms with Crippen molar-refractivity contribution in [3.8, 4) is 0 Å². The molecule has 58 valence electrons. The van der Waals surface area contributed by atoms with Crippen LogP contribution >= 0.6 is 16.5 Å². The Morgan fingerprint density at radius 1 is 1.25 bits per heavy atom. The molecule has 1 fully saturated rings. The normalized spacial score (nSPS) is 29.6. The predicted molar refractivity (Wildman–Crippen MR) is 40.8 cm³/mol. The van der Waals surface area contributed by atoms with Gasteiger partial charge < -0.3 is 5.11 Å². The van der Waals surface area contributed by atoms with Crippen molar-refractivity contribution in [1.29, 1.82) is 0 Å². The summed E-state index contributed by atoms with van der Waals surface area (Å²) in [6.45, 7) is -0.295. The minimum atomic E-state index is -2.51. The number of hydrogen-bond donors (Lipinski definition) is 1. The number of aliphatic hydroxyl groups is 1. The Labute approximate surface area is 115 Å². The van der Waals surface area contributed by atoms with Crippen LogP contribution in [0.3, 0.4) is 0 Å². The van der Waals surface area contributed by atoms with E-state index >= 15 is 0 Å². The molecular formula is C2H4Na2O6P2+2. The largest absolute Gasteiger partial charge is 0.750 e. The molecule has 0 aromatic rings. The average Bonchev–Trinajstić information content (AvgIpc) is 1.93. The van der Waals surface area contributed by atoms with Gasteiger partial charge in [-0.05, 0) is 0 Å². The van der Waals surface area contributed by atoms with Crippen LogP contribution in [-0.2, 0) is 22.5 Å². The van der Waals surface area contributed by atoms with Crippen LogP contribution in [0.25, 0.3) is 0 Å². The maximum Gasteiger partial charge on any atom is 0.750 e. The van der Waals surface area contributed by atoms with E-state index in [0.717, 1.165) is 0 Å². The smallest absolute Gasteiger partial charge is 0.362 e. The first kappa shape index (κ1) is 16.5. The first-order chi connectivity index (χ1) is 4.68. The second-order valence-electron chi connectivity index (χ2n) is 1.38. The minimum absolute atomic E-state index is 0. The van der Waals surface area contributed by atoms with Gasteiger partial charge in [0, 0.05) is 68.2 Å². The molecule has 0 bridgehead atoms. The van der Waals surface area contributed by atoms with Gasteiger partial charge in [-0.1, -0.05) is 4.52 Å². The molecule has 0 amide bonds. The monoisotopic (exact) mass is 232 g/mol. The molecule has 0 saturated carbocycles. The Bertz CT molecular complexity index is 175. The predicted octanol–water partition coefficient (Wildman–Crippen LogP) is -0.0786. The zero-order chi connectivity index (χ0) is 7.56. The van der Waals surface area contributed by atoms with Gasteiger partial charge in [0.05, 0.1) is 0 Å². The van der Waals surface area contributed by atoms with Crippen molar-refractivity contribution in [2.24, 2.45) is 0 Å². The van der Waals surface area contributed by atoms with E-state index in [1.54, 1.807) is 0 Å². The Balaban J connectivity index is 0. The zero-order valence-corrected chi connectivity index (χ0v) is 12.5. The summed E-state index contributed by atoms with van der Waals surface area (Å²) in [4.78, 5) is 0. The van der Waals surface area contributed by atoms with E-state index in [4.69, 9.17) is 5.11 Å². The molecule has 1 rings (SSSR count). The van der Waals surface area contributed by atoms with Crippen molar-refractivity contribution in [2.45, 2.75) is 6.29 Å². The quantitative estimate of drug-likeness (QED) is 0.464. The standard InChI is InChI=1S/C2H4O6P2.2Na/c3-2-1-6-9(4)8-10(5)7-2;;/h2-3H,1H2;;/q+2;;. The van der Waals surface area contributed by atoms with Crippen LogP contribution in [0.15, 0.2) is 0 Å². The summed E-state index contributed by atoms with van der Waals surface area (Å²) in [6, 6.07) is 0. The summed E-state index contributed by atoms with van der Waals surface area (Å²) < 4.78 is 33.4. The molecule has 0 aromatic carbocycles. The Morgan fingerprint density at radius 2 is 1.83 bits per heavy atom. The van der Waals surface area contributed by atoms with Gasteiger partial charge in [-0.2, -0.15) is 0 Å². The third kappa shape index (κ3) is 6.49.